The van der Waals surface area contributed by atoms with Crippen molar-refractivity contribution < 1.29 is 14.6 Å². The van der Waals surface area contributed by atoms with E-state index in [-0.39, 0.29) is 31.5 Å². The van der Waals surface area contributed by atoms with Gasteiger partial charge in [-0.25, -0.2) is 15.0 Å². The van der Waals surface area contributed by atoms with Crippen LogP contribution in [0.5, 0.6) is 0 Å². The molecule has 0 amide bonds. The minimum absolute atomic E-state index is 0.0680. The van der Waals surface area contributed by atoms with E-state index in [2.05, 4.69) is 37.7 Å². The van der Waals surface area contributed by atoms with Crippen LogP contribution in [0.15, 0.2) is 18.6 Å². The summed E-state index contributed by atoms with van der Waals surface area (Å²) in [5.74, 6) is 1.53. The number of nitrogens with zero attached hydrogens (tertiary/aromatic N) is 5. The smallest absolute Gasteiger partial charge is 0.228 e. The number of hydrogen-bond donors (Lipinski definition) is 5. The molecule has 0 spiro atoms. The van der Waals surface area contributed by atoms with E-state index in [0.717, 1.165) is 19.6 Å². The molecule has 0 bridgehead atoms. The molecule has 1 aliphatic rings. The van der Waals surface area contributed by atoms with Crippen LogP contribution in [0.1, 0.15) is 12.6 Å². The summed E-state index contributed by atoms with van der Waals surface area (Å²) < 4.78 is 10.6. The van der Waals surface area contributed by atoms with E-state index in [9.17, 15) is 5.11 Å². The van der Waals surface area contributed by atoms with E-state index in [1.54, 1.807) is 19.4 Å². The summed E-state index contributed by atoms with van der Waals surface area (Å²) >= 11 is 0. The van der Waals surface area contributed by atoms with Gasteiger partial charge in [0.05, 0.1) is 32.1 Å². The first-order valence-electron chi connectivity index (χ1n) is 10.5. The Morgan fingerprint density at radius 2 is 2.25 bits per heavy atom. The van der Waals surface area contributed by atoms with E-state index in [4.69, 9.17) is 24.9 Å². The van der Waals surface area contributed by atoms with Gasteiger partial charge in [0.2, 0.25) is 5.95 Å². The van der Waals surface area contributed by atoms with Gasteiger partial charge in [-0.15, -0.1) is 0 Å². The van der Waals surface area contributed by atoms with Gasteiger partial charge in [-0.1, -0.05) is 0 Å². The van der Waals surface area contributed by atoms with Gasteiger partial charge in [0.25, 0.3) is 0 Å². The highest BCUT2D eigenvalue weighted by Gasteiger charge is 2.24. The van der Waals surface area contributed by atoms with Crippen LogP contribution in [-0.2, 0) is 9.47 Å². The number of aliphatic hydroxyl groups is 1. The van der Waals surface area contributed by atoms with Gasteiger partial charge in [-0.3, -0.25) is 0 Å². The molecular weight excluding hydrogens is 414 g/mol. The Balaban J connectivity index is 1.98. The average molecular weight is 446 g/mol. The molecular formula is C20H31N9O3. The molecule has 2 aromatic rings. The Morgan fingerprint density at radius 1 is 1.38 bits per heavy atom. The van der Waals surface area contributed by atoms with Crippen molar-refractivity contribution in [1.82, 2.24) is 25.3 Å². The second kappa shape index (κ2) is 12.2. The number of methoxy groups -OCH3 is 1. The fourth-order valence-electron chi connectivity index (χ4n) is 3.23. The number of aliphatic hydroxyl groups excluding tert-OH is 1. The largest absolute Gasteiger partial charge is 0.395 e. The van der Waals surface area contributed by atoms with Gasteiger partial charge in [-0.05, 0) is 13.0 Å². The molecule has 1 fully saturated rings. The number of hydrogen-bond acceptors (Lipinski definition) is 12. The molecule has 0 aliphatic carbocycles. The minimum atomic E-state index is -0.0822. The molecule has 0 aromatic carbocycles. The SMILES string of the molecule is COCCOCC(=N)c1nc(N2CCN[C@H](C)C2)nc(Nc2ccncn2)c1NCCO. The summed E-state index contributed by atoms with van der Waals surface area (Å²) in [5, 5.41) is 27.7. The van der Waals surface area contributed by atoms with Crippen molar-refractivity contribution in [3.63, 3.8) is 0 Å². The van der Waals surface area contributed by atoms with Crippen molar-refractivity contribution in [2.45, 2.75) is 13.0 Å². The number of rotatable bonds is 12. The number of piperazine rings is 1. The van der Waals surface area contributed by atoms with E-state index >= 15 is 0 Å². The zero-order chi connectivity index (χ0) is 22.8. The molecule has 1 aliphatic heterocycles. The average Bonchev–Trinajstić information content (AvgIpc) is 2.81. The van der Waals surface area contributed by atoms with E-state index in [1.807, 2.05) is 0 Å². The van der Waals surface area contributed by atoms with E-state index < -0.39 is 0 Å². The third kappa shape index (κ3) is 6.53. The van der Waals surface area contributed by atoms with Crippen molar-refractivity contribution in [3.8, 4) is 0 Å². The van der Waals surface area contributed by atoms with Gasteiger partial charge in [-0.2, -0.15) is 4.98 Å². The second-order valence-electron chi connectivity index (χ2n) is 7.29. The maximum Gasteiger partial charge on any atom is 0.228 e. The molecule has 0 unspecified atom stereocenters. The molecule has 1 saturated heterocycles. The zero-order valence-electron chi connectivity index (χ0n) is 18.5. The van der Waals surface area contributed by atoms with Crippen molar-refractivity contribution in [3.05, 3.63) is 24.3 Å². The molecule has 12 nitrogen and oxygen atoms in total. The Labute approximate surface area is 187 Å². The molecule has 0 radical (unpaired) electrons. The van der Waals surface area contributed by atoms with Crippen LogP contribution in [0.2, 0.25) is 0 Å². The predicted octanol–water partition coefficient (Wildman–Crippen LogP) is 0.243. The van der Waals surface area contributed by atoms with Crippen molar-refractivity contribution >= 4 is 29.0 Å². The van der Waals surface area contributed by atoms with Gasteiger partial charge < -0.3 is 40.8 Å². The quantitative estimate of drug-likeness (QED) is 0.225. The maximum atomic E-state index is 9.37. The standard InChI is InChI=1S/C20H31N9O3/c1-14-11-29(7-5-23-14)20-27-17(15(21)12-32-10-9-31-2)18(24-6-8-30)19(28-20)26-16-3-4-22-13-25-16/h3-4,13-14,21,23-24,30H,5-12H2,1-2H3,(H,22,25,26,27,28)/t14-/m1/s1. The van der Waals surface area contributed by atoms with Gasteiger partial charge >= 0.3 is 0 Å². The predicted molar refractivity (Wildman–Crippen MR) is 122 cm³/mol. The van der Waals surface area contributed by atoms with Crippen LogP contribution < -0.4 is 20.9 Å². The van der Waals surface area contributed by atoms with Gasteiger partial charge in [0.1, 0.15) is 23.5 Å². The van der Waals surface area contributed by atoms with Crippen LogP contribution in [0, 0.1) is 5.41 Å². The first-order chi connectivity index (χ1) is 15.6. The Morgan fingerprint density at radius 3 is 2.97 bits per heavy atom. The lowest BCUT2D eigenvalue weighted by Crippen LogP contribution is -2.50. The summed E-state index contributed by atoms with van der Waals surface area (Å²) in [6, 6.07) is 2.02. The number of ether oxygens (including phenoxy) is 2. The summed E-state index contributed by atoms with van der Waals surface area (Å²) in [4.78, 5) is 19.7. The molecule has 5 N–H and O–H groups in total. The summed E-state index contributed by atoms with van der Waals surface area (Å²) in [5.41, 5.74) is 1.10. The van der Waals surface area contributed by atoms with Gasteiger partial charge in [0.15, 0.2) is 5.82 Å². The first-order valence-corrected chi connectivity index (χ1v) is 10.5. The number of aromatic nitrogens is 4. The highest BCUT2D eigenvalue weighted by atomic mass is 16.5. The summed E-state index contributed by atoms with van der Waals surface area (Å²) in [6.45, 7) is 5.49. The van der Waals surface area contributed by atoms with Crippen molar-refractivity contribution in [2.75, 3.05) is 75.2 Å². The molecule has 3 rings (SSSR count). The van der Waals surface area contributed by atoms with Crippen LogP contribution in [-0.4, -0.2) is 96.5 Å². The molecule has 2 aromatic heterocycles. The Hall–Kier alpha value is -2.93. The minimum Gasteiger partial charge on any atom is -0.395 e. The topological polar surface area (TPSA) is 153 Å². The van der Waals surface area contributed by atoms with E-state index in [0.29, 0.717) is 42.2 Å². The van der Waals surface area contributed by atoms with Gasteiger partial charge in [0, 0.05) is 45.5 Å². The number of nitrogens with one attached hydrogen (secondary N) is 4. The second-order valence-corrected chi connectivity index (χ2v) is 7.29. The summed E-state index contributed by atoms with van der Waals surface area (Å²) in [7, 11) is 1.60. The lowest BCUT2D eigenvalue weighted by atomic mass is 10.2. The molecule has 3 heterocycles. The lowest BCUT2D eigenvalue weighted by Gasteiger charge is -2.32. The fraction of sp³-hybridized carbons (Fsp3) is 0.550. The van der Waals surface area contributed by atoms with Crippen LogP contribution >= 0.6 is 0 Å². The molecule has 174 valence electrons. The molecule has 0 saturated carbocycles. The fourth-order valence-corrected chi connectivity index (χ4v) is 3.23. The highest BCUT2D eigenvalue weighted by molar-refractivity contribution is 6.04. The third-order valence-corrected chi connectivity index (χ3v) is 4.75. The van der Waals surface area contributed by atoms with Crippen molar-refractivity contribution in [2.24, 2.45) is 0 Å². The third-order valence-electron chi connectivity index (χ3n) is 4.75. The molecule has 32 heavy (non-hydrogen) atoms. The van der Waals surface area contributed by atoms with Crippen LogP contribution in [0.25, 0.3) is 0 Å². The molecule has 12 heteroatoms. The van der Waals surface area contributed by atoms with Crippen LogP contribution in [0.4, 0.5) is 23.3 Å². The number of anilines is 4. The molecule has 1 atom stereocenters. The van der Waals surface area contributed by atoms with Crippen molar-refractivity contribution in [1.29, 1.82) is 5.41 Å². The lowest BCUT2D eigenvalue weighted by molar-refractivity contribution is 0.0900. The van der Waals surface area contributed by atoms with Crippen LogP contribution in [0.3, 0.4) is 0 Å². The maximum absolute atomic E-state index is 9.37. The normalized spacial score (nSPS) is 16.1. The Kier molecular flexibility index (Phi) is 9.04. The monoisotopic (exact) mass is 445 g/mol. The van der Waals surface area contributed by atoms with E-state index in [1.165, 1.54) is 6.33 Å². The Bertz CT molecular complexity index is 869. The highest BCUT2D eigenvalue weighted by Crippen LogP contribution is 2.29. The zero-order valence-corrected chi connectivity index (χ0v) is 18.5. The first kappa shape index (κ1) is 23.7. The summed E-state index contributed by atoms with van der Waals surface area (Å²) in [6.07, 6.45) is 3.07.